The molecule has 0 spiro atoms. The summed E-state index contributed by atoms with van der Waals surface area (Å²) in [5.41, 5.74) is 0.701. The molecule has 1 unspecified atom stereocenters. The molecule has 3 rings (SSSR count). The third-order valence-electron chi connectivity index (χ3n) is 3.94. The molecule has 0 bridgehead atoms. The van der Waals surface area contributed by atoms with Gasteiger partial charge in [0.15, 0.2) is 11.5 Å². The second-order valence-electron chi connectivity index (χ2n) is 6.11. The Bertz CT molecular complexity index is 1070. The van der Waals surface area contributed by atoms with Gasteiger partial charge in [-0.15, -0.1) is 5.10 Å². The predicted octanol–water partition coefficient (Wildman–Crippen LogP) is 2.90. The van der Waals surface area contributed by atoms with E-state index in [1.165, 1.54) is 31.5 Å². The zero-order chi connectivity index (χ0) is 20.3. The Morgan fingerprint density at radius 2 is 2.21 bits per heavy atom. The Labute approximate surface area is 164 Å². The Balaban J connectivity index is 1.85. The van der Waals surface area contributed by atoms with Gasteiger partial charge in [-0.2, -0.15) is 0 Å². The maximum absolute atomic E-state index is 14.8. The van der Waals surface area contributed by atoms with Gasteiger partial charge in [0.05, 0.1) is 35.6 Å². The number of benzene rings is 1. The lowest BCUT2D eigenvalue weighted by Gasteiger charge is -2.21. The van der Waals surface area contributed by atoms with E-state index in [2.05, 4.69) is 33.7 Å². The highest BCUT2D eigenvalue weighted by atomic mass is 32.8. The lowest BCUT2D eigenvalue weighted by atomic mass is 10.1. The van der Waals surface area contributed by atoms with Crippen molar-refractivity contribution in [3.63, 3.8) is 0 Å². The average Bonchev–Trinajstić information content (AvgIpc) is 3.05. The molecule has 0 fully saturated rings. The number of amides is 1. The van der Waals surface area contributed by atoms with Crippen molar-refractivity contribution in [2.45, 2.75) is 13.3 Å². The van der Waals surface area contributed by atoms with Crippen LogP contribution in [0.3, 0.4) is 0 Å². The molecule has 0 radical (unpaired) electrons. The number of carbonyl (C=O) groups is 1. The molecule has 150 valence electrons. The van der Waals surface area contributed by atoms with Gasteiger partial charge >= 0.3 is 0 Å². The van der Waals surface area contributed by atoms with Crippen molar-refractivity contribution in [3.05, 3.63) is 41.8 Å². The molecule has 1 amide bonds. The van der Waals surface area contributed by atoms with Crippen molar-refractivity contribution >= 4 is 46.5 Å². The van der Waals surface area contributed by atoms with Crippen LogP contribution in [0.2, 0.25) is 0 Å². The molecule has 28 heavy (non-hydrogen) atoms. The number of thiol groups is 1. The smallest absolute Gasteiger partial charge is 0.258 e. The van der Waals surface area contributed by atoms with Crippen LogP contribution in [0.1, 0.15) is 23.7 Å². The molecule has 0 aliphatic carbocycles. The summed E-state index contributed by atoms with van der Waals surface area (Å²) in [4.78, 5) is 16.7. The number of pyridine rings is 1. The van der Waals surface area contributed by atoms with E-state index in [-0.39, 0.29) is 11.3 Å². The number of nitrogens with one attached hydrogen (secondary N) is 3. The van der Waals surface area contributed by atoms with Crippen molar-refractivity contribution in [2.75, 3.05) is 22.9 Å². The third-order valence-corrected chi connectivity index (χ3v) is 6.83. The van der Waals surface area contributed by atoms with Crippen LogP contribution < -0.4 is 14.8 Å². The number of H-pyrrole nitrogens is 1. The quantitative estimate of drug-likeness (QED) is 0.344. The summed E-state index contributed by atoms with van der Waals surface area (Å²) < 4.78 is 35.1. The Morgan fingerprint density at radius 1 is 1.43 bits per heavy atom. The Morgan fingerprint density at radius 3 is 2.93 bits per heavy atom. The van der Waals surface area contributed by atoms with Gasteiger partial charge < -0.3 is 14.8 Å². The van der Waals surface area contributed by atoms with Crippen LogP contribution in [-0.2, 0) is 9.74 Å². The van der Waals surface area contributed by atoms with E-state index in [1.54, 1.807) is 6.07 Å². The summed E-state index contributed by atoms with van der Waals surface area (Å²) in [6, 6.07) is 5.95. The maximum Gasteiger partial charge on any atom is 0.258 e. The van der Waals surface area contributed by atoms with E-state index in [0.717, 1.165) is 0 Å². The molecule has 8 nitrogen and oxygen atoms in total. The second-order valence-corrected chi connectivity index (χ2v) is 10.9. The summed E-state index contributed by atoms with van der Waals surface area (Å²) in [6.07, 6.45) is 2.11. The highest BCUT2D eigenvalue weighted by Crippen LogP contribution is 2.27. The van der Waals surface area contributed by atoms with Crippen molar-refractivity contribution < 1.29 is 18.1 Å². The van der Waals surface area contributed by atoms with Crippen LogP contribution in [0.5, 0.6) is 5.88 Å². The monoisotopic (exact) mass is 425 g/mol. The number of hydrogen-bond donors (Lipinski definition) is 4. The molecule has 11 heteroatoms. The highest BCUT2D eigenvalue weighted by Gasteiger charge is 2.18. The summed E-state index contributed by atoms with van der Waals surface area (Å²) in [5, 5.41) is 9.84. The molecule has 0 saturated heterocycles. The minimum Gasteiger partial charge on any atom is -0.479 e. The molecule has 3 aromatic rings. The number of fused-ring (bicyclic) bond motifs is 1. The van der Waals surface area contributed by atoms with Crippen LogP contribution in [0, 0.1) is 5.82 Å². The first-order valence-electron chi connectivity index (χ1n) is 8.48. The molecule has 0 aliphatic rings. The van der Waals surface area contributed by atoms with Gasteiger partial charge in [-0.25, -0.2) is 9.37 Å². The number of rotatable bonds is 7. The van der Waals surface area contributed by atoms with E-state index in [4.69, 9.17) is 4.74 Å². The fraction of sp³-hybridized carbons (Fsp3) is 0.235. The highest BCUT2D eigenvalue weighted by molar-refractivity contribution is 8.46. The fourth-order valence-corrected chi connectivity index (χ4v) is 5.24. The normalized spacial score (nSPS) is 12.0. The third kappa shape index (κ3) is 4.28. The van der Waals surface area contributed by atoms with Crippen LogP contribution in [0.15, 0.2) is 30.5 Å². The standard InChI is InChI=1S/C17H21FN5O3PS/c1-3-7-28(25,27)23-13-6-4-5-11(14(13)18)16(24)20-10-8-12-15(19-9-10)21-22-17(12)26-2/h4-6,8-9,28H,3,7,27H2,1-2H3,(H,20,24)(H,23,25)(H,19,21,22). The van der Waals surface area contributed by atoms with Crippen molar-refractivity contribution in [2.24, 2.45) is 0 Å². The molecular formula is C17H21FN5O3PS. The van der Waals surface area contributed by atoms with E-state index < -0.39 is 21.5 Å². The Hall–Kier alpha value is -2.58. The van der Waals surface area contributed by atoms with E-state index in [0.29, 0.717) is 34.8 Å². The number of methoxy groups -OCH3 is 1. The lowest BCUT2D eigenvalue weighted by molar-refractivity contribution is 0.102. The van der Waals surface area contributed by atoms with Gasteiger partial charge in [-0.3, -0.25) is 14.1 Å². The van der Waals surface area contributed by atoms with Crippen molar-refractivity contribution in [1.82, 2.24) is 15.2 Å². The SMILES string of the molecule is CCC[SH](=O)(P)Nc1cccc(C(=O)Nc2cnc3[nH]nc(OC)c3c2)c1F. The molecule has 2 aromatic heterocycles. The number of ether oxygens (including phenoxy) is 1. The number of halogens is 1. The number of hydrogen-bond acceptors (Lipinski definition) is 5. The Kier molecular flexibility index (Phi) is 5.90. The van der Waals surface area contributed by atoms with Gasteiger partial charge in [0.1, 0.15) is 0 Å². The second kappa shape index (κ2) is 8.20. The first kappa shape index (κ1) is 20.2. The lowest BCUT2D eigenvalue weighted by Crippen LogP contribution is -2.20. The van der Waals surface area contributed by atoms with Crippen LogP contribution in [0.25, 0.3) is 11.0 Å². The van der Waals surface area contributed by atoms with Crippen LogP contribution in [0.4, 0.5) is 15.8 Å². The molecule has 1 aromatic carbocycles. The fourth-order valence-electron chi connectivity index (χ4n) is 2.69. The van der Waals surface area contributed by atoms with Crippen LogP contribution in [-0.4, -0.2) is 38.2 Å². The van der Waals surface area contributed by atoms with Gasteiger partial charge in [-0.1, -0.05) is 13.0 Å². The predicted molar refractivity (Wildman–Crippen MR) is 113 cm³/mol. The number of anilines is 2. The first-order chi connectivity index (χ1) is 13.3. The number of aromatic nitrogens is 3. The minimum atomic E-state index is -2.83. The van der Waals surface area contributed by atoms with Gasteiger partial charge in [-0.05, 0) is 42.8 Å². The number of aromatic amines is 1. The summed E-state index contributed by atoms with van der Waals surface area (Å²) in [5.74, 6) is -0.693. The number of carbonyl (C=O) groups excluding carboxylic acids is 1. The van der Waals surface area contributed by atoms with E-state index in [9.17, 15) is 13.4 Å². The first-order valence-corrected chi connectivity index (χ1v) is 12.0. The van der Waals surface area contributed by atoms with Gasteiger partial charge in [0.25, 0.3) is 5.91 Å². The van der Waals surface area contributed by atoms with Crippen molar-refractivity contribution in [1.29, 1.82) is 0 Å². The number of nitrogens with zero attached hydrogens (tertiary/aromatic N) is 2. The zero-order valence-corrected chi connectivity index (χ0v) is 17.4. The largest absolute Gasteiger partial charge is 0.479 e. The van der Waals surface area contributed by atoms with E-state index in [1.807, 2.05) is 6.92 Å². The molecular weight excluding hydrogens is 404 g/mol. The average molecular weight is 425 g/mol. The van der Waals surface area contributed by atoms with Crippen LogP contribution >= 0.6 is 8.44 Å². The topological polar surface area (TPSA) is 109 Å². The molecule has 3 N–H and O–H groups in total. The van der Waals surface area contributed by atoms with Gasteiger partial charge in [0, 0.05) is 5.75 Å². The zero-order valence-electron chi connectivity index (χ0n) is 15.3. The van der Waals surface area contributed by atoms with Gasteiger partial charge in [0.2, 0.25) is 5.88 Å². The molecule has 0 aliphatic heterocycles. The molecule has 2 heterocycles. The van der Waals surface area contributed by atoms with Crippen molar-refractivity contribution in [3.8, 4) is 5.88 Å². The summed E-state index contributed by atoms with van der Waals surface area (Å²) in [7, 11) is 0.891. The molecule has 0 saturated carbocycles. The summed E-state index contributed by atoms with van der Waals surface area (Å²) in [6.45, 7) is 1.89. The minimum absolute atomic E-state index is 0.0181. The molecule has 1 atom stereocenters. The van der Waals surface area contributed by atoms with E-state index >= 15 is 0 Å². The summed E-state index contributed by atoms with van der Waals surface area (Å²) >= 11 is 0. The maximum atomic E-state index is 14.8.